The molecule has 150 valence electrons. The second-order valence-electron chi connectivity index (χ2n) is 7.48. The molecule has 1 aromatic carbocycles. The molecule has 0 bridgehead atoms. The van der Waals surface area contributed by atoms with E-state index >= 15 is 0 Å². The Labute approximate surface area is 158 Å². The van der Waals surface area contributed by atoms with Crippen LogP contribution in [-0.4, -0.2) is 33.8 Å². The van der Waals surface area contributed by atoms with E-state index in [0.717, 1.165) is 0 Å². The lowest BCUT2D eigenvalue weighted by atomic mass is 9.78. The Kier molecular flexibility index (Phi) is 4.35. The van der Waals surface area contributed by atoms with Gasteiger partial charge >= 0.3 is 6.09 Å². The van der Waals surface area contributed by atoms with Crippen molar-refractivity contribution in [2.75, 3.05) is 5.32 Å². The summed E-state index contributed by atoms with van der Waals surface area (Å²) in [6.45, 7) is 1.69. The van der Waals surface area contributed by atoms with Crippen LogP contribution < -0.4 is 5.32 Å². The molecule has 2 aromatic rings. The molecule has 0 spiro atoms. The Bertz CT molecular complexity index is 882. The number of nitrogens with zero attached hydrogens (tertiary/aromatic N) is 2. The molecule has 2 saturated carbocycles. The largest absolute Gasteiger partial charge is 0.445 e. The van der Waals surface area contributed by atoms with Gasteiger partial charge in [0.25, 0.3) is 5.92 Å². The number of carbonyl (C=O) groups is 1. The van der Waals surface area contributed by atoms with Gasteiger partial charge in [0.15, 0.2) is 0 Å². The van der Waals surface area contributed by atoms with Crippen LogP contribution in [0.25, 0.3) is 5.69 Å². The van der Waals surface area contributed by atoms with Crippen LogP contribution in [0.5, 0.6) is 0 Å². The molecule has 2 aliphatic rings. The third kappa shape index (κ3) is 3.57. The van der Waals surface area contributed by atoms with Gasteiger partial charge < -0.3 is 4.74 Å². The molecule has 0 aliphatic heterocycles. The number of alkyl halides is 4. The number of aromatic nitrogens is 2. The molecular weight excluding hydrogens is 378 g/mol. The minimum absolute atomic E-state index is 0.285. The van der Waals surface area contributed by atoms with E-state index in [9.17, 15) is 22.4 Å². The van der Waals surface area contributed by atoms with Crippen molar-refractivity contribution in [1.82, 2.24) is 9.78 Å². The third-order valence-electron chi connectivity index (χ3n) is 5.18. The molecule has 0 saturated heterocycles. The van der Waals surface area contributed by atoms with Gasteiger partial charge in [-0.15, -0.1) is 0 Å². The molecule has 1 N–H and O–H groups in total. The predicted molar refractivity (Wildman–Crippen MR) is 93.3 cm³/mol. The van der Waals surface area contributed by atoms with E-state index in [2.05, 4.69) is 10.4 Å². The molecule has 1 amide bonds. The fourth-order valence-electron chi connectivity index (χ4n) is 3.63. The zero-order chi connectivity index (χ0) is 20.1. The summed E-state index contributed by atoms with van der Waals surface area (Å²) in [7, 11) is 0. The number of halogens is 4. The molecule has 9 heteroatoms. The molecular formula is C19H19F4N3O2. The summed E-state index contributed by atoms with van der Waals surface area (Å²) in [5.74, 6) is -5.61. The summed E-state index contributed by atoms with van der Waals surface area (Å²) < 4.78 is 59.0. The van der Waals surface area contributed by atoms with Crippen molar-refractivity contribution < 1.29 is 27.1 Å². The number of rotatable bonds is 4. The highest BCUT2D eigenvalue weighted by Gasteiger charge is 2.49. The van der Waals surface area contributed by atoms with Gasteiger partial charge in [0, 0.05) is 37.2 Å². The molecule has 2 fully saturated rings. The molecule has 1 heterocycles. The van der Waals surface area contributed by atoms with Crippen molar-refractivity contribution in [3.63, 3.8) is 0 Å². The van der Waals surface area contributed by atoms with Crippen LogP contribution in [0.15, 0.2) is 30.3 Å². The predicted octanol–water partition coefficient (Wildman–Crippen LogP) is 5.04. The smallest absolute Gasteiger partial charge is 0.413 e. The fraction of sp³-hybridized carbons (Fsp3) is 0.474. The maximum absolute atomic E-state index is 13.3. The van der Waals surface area contributed by atoms with Crippen molar-refractivity contribution in [2.45, 2.75) is 56.5 Å². The van der Waals surface area contributed by atoms with E-state index in [4.69, 9.17) is 4.74 Å². The highest BCUT2D eigenvalue weighted by molar-refractivity contribution is 5.85. The standard InChI is InChI=1S/C19H19F4N3O2/c1-11-15(12-7-18(20,21)8-12)25-26(13-5-3-2-4-6-13)16(11)24-17(27)28-14-9-19(22,23)10-14/h2-6,12,14H,7-10H2,1H3,(H,24,27). The zero-order valence-electron chi connectivity index (χ0n) is 15.1. The summed E-state index contributed by atoms with van der Waals surface area (Å²) in [6.07, 6.45) is -3.29. The van der Waals surface area contributed by atoms with Crippen molar-refractivity contribution in [3.05, 3.63) is 41.6 Å². The fourth-order valence-corrected chi connectivity index (χ4v) is 3.63. The summed E-state index contributed by atoms with van der Waals surface area (Å²) in [5, 5.41) is 7.00. The molecule has 0 radical (unpaired) electrons. The number of carbonyl (C=O) groups excluding carboxylic acids is 1. The van der Waals surface area contributed by atoms with Crippen LogP contribution in [-0.2, 0) is 4.74 Å². The Hall–Kier alpha value is -2.58. The zero-order valence-corrected chi connectivity index (χ0v) is 15.1. The quantitative estimate of drug-likeness (QED) is 0.736. The maximum atomic E-state index is 13.3. The average molecular weight is 397 g/mol. The average Bonchev–Trinajstić information content (AvgIpc) is 2.88. The van der Waals surface area contributed by atoms with Gasteiger partial charge in [-0.1, -0.05) is 18.2 Å². The number of para-hydroxylation sites is 1. The Morgan fingerprint density at radius 3 is 2.29 bits per heavy atom. The lowest BCUT2D eigenvalue weighted by molar-refractivity contribution is -0.142. The van der Waals surface area contributed by atoms with Gasteiger partial charge in [0.1, 0.15) is 11.9 Å². The highest BCUT2D eigenvalue weighted by Crippen LogP contribution is 2.49. The first-order chi connectivity index (χ1) is 13.1. The number of ether oxygens (including phenoxy) is 1. The lowest BCUT2D eigenvalue weighted by Crippen LogP contribution is -2.43. The topological polar surface area (TPSA) is 56.2 Å². The van der Waals surface area contributed by atoms with Crippen molar-refractivity contribution >= 4 is 11.9 Å². The van der Waals surface area contributed by atoms with E-state index in [1.165, 1.54) is 4.68 Å². The summed E-state index contributed by atoms with van der Waals surface area (Å²) in [4.78, 5) is 12.2. The lowest BCUT2D eigenvalue weighted by Gasteiger charge is -2.34. The van der Waals surface area contributed by atoms with E-state index in [-0.39, 0.29) is 18.7 Å². The second-order valence-corrected chi connectivity index (χ2v) is 7.48. The second kappa shape index (κ2) is 6.49. The van der Waals surface area contributed by atoms with Crippen LogP contribution in [0.2, 0.25) is 0 Å². The first-order valence-corrected chi connectivity index (χ1v) is 9.02. The Morgan fingerprint density at radius 2 is 1.71 bits per heavy atom. The summed E-state index contributed by atoms with van der Waals surface area (Å²) >= 11 is 0. The summed E-state index contributed by atoms with van der Waals surface area (Å²) in [5.41, 5.74) is 1.67. The molecule has 5 nitrogen and oxygen atoms in total. The minimum Gasteiger partial charge on any atom is -0.445 e. The van der Waals surface area contributed by atoms with Gasteiger partial charge in [-0.3, -0.25) is 5.32 Å². The molecule has 4 rings (SSSR count). The highest BCUT2D eigenvalue weighted by atomic mass is 19.3. The molecule has 1 aromatic heterocycles. The molecule has 0 unspecified atom stereocenters. The molecule has 0 atom stereocenters. The van der Waals surface area contributed by atoms with Crippen molar-refractivity contribution in [1.29, 1.82) is 0 Å². The third-order valence-corrected chi connectivity index (χ3v) is 5.18. The van der Waals surface area contributed by atoms with Gasteiger partial charge in [0.05, 0.1) is 11.4 Å². The number of nitrogens with one attached hydrogen (secondary N) is 1. The number of hydrogen-bond acceptors (Lipinski definition) is 3. The van der Waals surface area contributed by atoms with Crippen molar-refractivity contribution in [2.24, 2.45) is 0 Å². The number of amides is 1. The number of anilines is 1. The Balaban J connectivity index is 1.58. The maximum Gasteiger partial charge on any atom is 0.413 e. The molecule has 2 aliphatic carbocycles. The van der Waals surface area contributed by atoms with E-state index < -0.39 is 42.8 Å². The van der Waals surface area contributed by atoms with E-state index in [1.54, 1.807) is 31.2 Å². The van der Waals surface area contributed by atoms with Crippen LogP contribution in [0.3, 0.4) is 0 Å². The van der Waals surface area contributed by atoms with Crippen molar-refractivity contribution in [3.8, 4) is 5.69 Å². The summed E-state index contributed by atoms with van der Waals surface area (Å²) in [6, 6.07) is 8.89. The van der Waals surface area contributed by atoms with Gasteiger partial charge in [-0.25, -0.2) is 27.0 Å². The van der Waals surface area contributed by atoms with E-state index in [0.29, 0.717) is 16.9 Å². The normalized spacial score (nSPS) is 20.9. The van der Waals surface area contributed by atoms with Crippen LogP contribution >= 0.6 is 0 Å². The van der Waals surface area contributed by atoms with Crippen LogP contribution in [0.1, 0.15) is 42.9 Å². The Morgan fingerprint density at radius 1 is 1.11 bits per heavy atom. The van der Waals surface area contributed by atoms with Crippen LogP contribution in [0.4, 0.5) is 28.2 Å². The SMILES string of the molecule is Cc1c(C2CC(F)(F)C2)nn(-c2ccccc2)c1NC(=O)OC1CC(F)(F)C1. The van der Waals surface area contributed by atoms with Gasteiger partial charge in [0.2, 0.25) is 5.92 Å². The van der Waals surface area contributed by atoms with E-state index in [1.807, 2.05) is 6.07 Å². The van der Waals surface area contributed by atoms with Crippen LogP contribution in [0, 0.1) is 6.92 Å². The monoisotopic (exact) mass is 397 g/mol. The van der Waals surface area contributed by atoms with Gasteiger partial charge in [-0.2, -0.15) is 5.10 Å². The minimum atomic E-state index is -2.80. The first-order valence-electron chi connectivity index (χ1n) is 9.02. The first kappa shape index (κ1) is 18.8. The molecule has 28 heavy (non-hydrogen) atoms. The number of hydrogen-bond donors (Lipinski definition) is 1. The number of benzene rings is 1. The van der Waals surface area contributed by atoms with Gasteiger partial charge in [-0.05, 0) is 19.1 Å².